The monoisotopic (exact) mass is 288 g/mol. The molecule has 2 N–H and O–H groups in total. The summed E-state index contributed by atoms with van der Waals surface area (Å²) in [6.07, 6.45) is 1.86. The molecule has 1 unspecified atom stereocenters. The molecule has 0 saturated carbocycles. The van der Waals surface area contributed by atoms with E-state index in [1.165, 1.54) is 4.88 Å². The number of hydrogen-bond acceptors (Lipinski definition) is 5. The number of hydrogen-bond donors (Lipinski definition) is 1. The minimum absolute atomic E-state index is 0.362. The van der Waals surface area contributed by atoms with Crippen molar-refractivity contribution < 1.29 is 0 Å². The van der Waals surface area contributed by atoms with Crippen LogP contribution < -0.4 is 10.6 Å². The topological polar surface area (TPSA) is 45.4 Å². The second-order valence-electron chi connectivity index (χ2n) is 4.98. The molecule has 1 atom stereocenters. The minimum atomic E-state index is 0.362. The second-order valence-corrected chi connectivity index (χ2v) is 5.96. The predicted octanol–water partition coefficient (Wildman–Crippen LogP) is 1.97. The van der Waals surface area contributed by atoms with Gasteiger partial charge in [0.15, 0.2) is 0 Å². The first kappa shape index (κ1) is 13.5. The summed E-state index contributed by atoms with van der Waals surface area (Å²) < 4.78 is 0. The van der Waals surface area contributed by atoms with Crippen molar-refractivity contribution in [2.24, 2.45) is 5.73 Å². The molecule has 4 nitrogen and oxygen atoms in total. The third-order valence-corrected chi connectivity index (χ3v) is 4.80. The molecule has 0 radical (unpaired) electrons. The molecule has 1 aliphatic heterocycles. The van der Waals surface area contributed by atoms with Crippen LogP contribution in [0.5, 0.6) is 0 Å². The van der Waals surface area contributed by atoms with Crippen LogP contribution in [0.3, 0.4) is 0 Å². The number of pyridine rings is 1. The Morgan fingerprint density at radius 1 is 1.15 bits per heavy atom. The smallest absolute Gasteiger partial charge is 0.128 e. The van der Waals surface area contributed by atoms with Crippen molar-refractivity contribution in [3.05, 3.63) is 46.8 Å². The van der Waals surface area contributed by atoms with Crippen LogP contribution in [0.2, 0.25) is 0 Å². The van der Waals surface area contributed by atoms with Crippen molar-refractivity contribution in [3.8, 4) is 0 Å². The molecule has 1 saturated heterocycles. The quantitative estimate of drug-likeness (QED) is 0.934. The van der Waals surface area contributed by atoms with Crippen molar-refractivity contribution in [1.82, 2.24) is 9.88 Å². The first-order valence-corrected chi connectivity index (χ1v) is 7.90. The van der Waals surface area contributed by atoms with Crippen molar-refractivity contribution >= 4 is 17.2 Å². The van der Waals surface area contributed by atoms with Crippen LogP contribution >= 0.6 is 11.3 Å². The summed E-state index contributed by atoms with van der Waals surface area (Å²) in [4.78, 5) is 10.6. The van der Waals surface area contributed by atoms with Crippen molar-refractivity contribution in [1.29, 1.82) is 0 Å². The highest BCUT2D eigenvalue weighted by Crippen LogP contribution is 2.25. The molecular formula is C15H20N4S. The molecule has 3 rings (SSSR count). The van der Waals surface area contributed by atoms with Crippen LogP contribution in [0.4, 0.5) is 5.82 Å². The minimum Gasteiger partial charge on any atom is -0.354 e. The van der Waals surface area contributed by atoms with Gasteiger partial charge in [-0.25, -0.2) is 4.98 Å². The summed E-state index contributed by atoms with van der Waals surface area (Å²) in [6.45, 7) is 4.79. The van der Waals surface area contributed by atoms with Gasteiger partial charge in [-0.2, -0.15) is 0 Å². The van der Waals surface area contributed by atoms with E-state index >= 15 is 0 Å². The summed E-state index contributed by atoms with van der Waals surface area (Å²) in [5, 5.41) is 2.13. The summed E-state index contributed by atoms with van der Waals surface area (Å²) in [5.41, 5.74) is 5.98. The van der Waals surface area contributed by atoms with E-state index in [0.717, 1.165) is 32.0 Å². The number of aromatic nitrogens is 1. The summed E-state index contributed by atoms with van der Waals surface area (Å²) in [5.74, 6) is 1.08. The number of thiophene rings is 1. The molecule has 0 bridgehead atoms. The zero-order valence-corrected chi connectivity index (χ0v) is 12.3. The van der Waals surface area contributed by atoms with E-state index in [0.29, 0.717) is 12.6 Å². The predicted molar refractivity (Wildman–Crippen MR) is 84.1 cm³/mol. The molecule has 2 aromatic rings. The third kappa shape index (κ3) is 2.85. The summed E-state index contributed by atoms with van der Waals surface area (Å²) >= 11 is 1.80. The first-order valence-electron chi connectivity index (χ1n) is 7.02. The van der Waals surface area contributed by atoms with Gasteiger partial charge in [0, 0.05) is 43.8 Å². The number of piperazine rings is 1. The van der Waals surface area contributed by atoms with Crippen molar-refractivity contribution in [2.45, 2.75) is 6.04 Å². The average Bonchev–Trinajstić information content (AvgIpc) is 3.04. The van der Waals surface area contributed by atoms with E-state index < -0.39 is 0 Å². The van der Waals surface area contributed by atoms with E-state index in [4.69, 9.17) is 5.73 Å². The molecule has 2 aromatic heterocycles. The Morgan fingerprint density at radius 3 is 2.60 bits per heavy atom. The summed E-state index contributed by atoms with van der Waals surface area (Å²) in [6, 6.07) is 10.7. The highest BCUT2D eigenvalue weighted by Gasteiger charge is 2.25. The maximum atomic E-state index is 5.98. The Morgan fingerprint density at radius 2 is 2.00 bits per heavy atom. The standard InChI is InChI=1S/C15H20N4S/c16-12-13(14-4-3-11-20-14)18-7-9-19(10-8-18)15-5-1-2-6-17-15/h1-6,11,13H,7-10,12,16H2. The molecule has 1 fully saturated rings. The van der Waals surface area contributed by atoms with E-state index in [2.05, 4.69) is 38.4 Å². The van der Waals surface area contributed by atoms with Gasteiger partial charge in [-0.1, -0.05) is 12.1 Å². The Kier molecular flexibility index (Phi) is 4.30. The largest absolute Gasteiger partial charge is 0.354 e. The first-order chi connectivity index (χ1) is 9.88. The number of rotatable bonds is 4. The second kappa shape index (κ2) is 6.35. The number of nitrogens with two attached hydrogens (primary N) is 1. The van der Waals surface area contributed by atoms with Crippen LogP contribution in [0.1, 0.15) is 10.9 Å². The van der Waals surface area contributed by atoms with E-state index in [1.54, 1.807) is 11.3 Å². The SMILES string of the molecule is NCC(c1cccs1)N1CCN(c2ccccn2)CC1. The van der Waals surface area contributed by atoms with E-state index in [1.807, 2.05) is 18.3 Å². The van der Waals surface area contributed by atoms with Gasteiger partial charge in [0.05, 0.1) is 6.04 Å². The maximum absolute atomic E-state index is 5.98. The maximum Gasteiger partial charge on any atom is 0.128 e. The van der Waals surface area contributed by atoms with Crippen LogP contribution in [0, 0.1) is 0 Å². The van der Waals surface area contributed by atoms with Gasteiger partial charge in [0.2, 0.25) is 0 Å². The highest BCUT2D eigenvalue weighted by molar-refractivity contribution is 7.10. The number of nitrogens with zero attached hydrogens (tertiary/aromatic N) is 3. The Hall–Kier alpha value is -1.43. The van der Waals surface area contributed by atoms with Crippen molar-refractivity contribution in [3.63, 3.8) is 0 Å². The van der Waals surface area contributed by atoms with Gasteiger partial charge in [-0.3, -0.25) is 4.90 Å². The van der Waals surface area contributed by atoms with Gasteiger partial charge < -0.3 is 10.6 Å². The molecule has 3 heterocycles. The van der Waals surface area contributed by atoms with Gasteiger partial charge in [0.1, 0.15) is 5.82 Å². The van der Waals surface area contributed by atoms with Gasteiger partial charge in [-0.15, -0.1) is 11.3 Å². The zero-order chi connectivity index (χ0) is 13.8. The third-order valence-electron chi connectivity index (χ3n) is 3.82. The molecule has 0 spiro atoms. The Labute approximate surface area is 123 Å². The van der Waals surface area contributed by atoms with Crippen molar-refractivity contribution in [2.75, 3.05) is 37.6 Å². The fraction of sp³-hybridized carbons (Fsp3) is 0.400. The van der Waals surface area contributed by atoms with Crippen LogP contribution in [0.15, 0.2) is 41.9 Å². The van der Waals surface area contributed by atoms with Gasteiger partial charge >= 0.3 is 0 Å². The van der Waals surface area contributed by atoms with Gasteiger partial charge in [-0.05, 0) is 23.6 Å². The summed E-state index contributed by atoms with van der Waals surface area (Å²) in [7, 11) is 0. The van der Waals surface area contributed by atoms with Crippen LogP contribution in [0.25, 0.3) is 0 Å². The van der Waals surface area contributed by atoms with Crippen LogP contribution in [-0.4, -0.2) is 42.6 Å². The lowest BCUT2D eigenvalue weighted by Crippen LogP contribution is -2.49. The lowest BCUT2D eigenvalue weighted by molar-refractivity contribution is 0.192. The molecule has 20 heavy (non-hydrogen) atoms. The highest BCUT2D eigenvalue weighted by atomic mass is 32.1. The molecule has 0 aliphatic carbocycles. The Balaban J connectivity index is 1.63. The van der Waals surface area contributed by atoms with Gasteiger partial charge in [0.25, 0.3) is 0 Å². The van der Waals surface area contributed by atoms with E-state index in [9.17, 15) is 0 Å². The fourth-order valence-electron chi connectivity index (χ4n) is 2.73. The zero-order valence-electron chi connectivity index (χ0n) is 11.5. The normalized spacial score (nSPS) is 18.1. The average molecular weight is 288 g/mol. The molecular weight excluding hydrogens is 268 g/mol. The molecule has 1 aliphatic rings. The lowest BCUT2D eigenvalue weighted by atomic mass is 10.1. The molecule has 5 heteroatoms. The molecule has 0 amide bonds. The number of anilines is 1. The van der Waals surface area contributed by atoms with Crippen LogP contribution in [-0.2, 0) is 0 Å². The molecule has 0 aromatic carbocycles. The fourth-order valence-corrected chi connectivity index (χ4v) is 3.60. The lowest BCUT2D eigenvalue weighted by Gasteiger charge is -2.39. The molecule has 106 valence electrons. The Bertz CT molecular complexity index is 506. The van der Waals surface area contributed by atoms with E-state index in [-0.39, 0.29) is 0 Å².